The number of aryl methyl sites for hydroxylation is 1. The molecule has 2 N–H and O–H groups in total. The molecule has 0 fully saturated rings. The Bertz CT molecular complexity index is 699. The molecule has 2 rings (SSSR count). The lowest BCUT2D eigenvalue weighted by atomic mass is 10.0. The summed E-state index contributed by atoms with van der Waals surface area (Å²) in [5.74, 6) is -0.285. The van der Waals surface area contributed by atoms with E-state index >= 15 is 0 Å². The second kappa shape index (κ2) is 5.68. The van der Waals surface area contributed by atoms with Gasteiger partial charge in [-0.05, 0) is 18.1 Å². The maximum Gasteiger partial charge on any atom is 0.294 e. The number of benzene rings is 1. The molecule has 0 saturated carbocycles. The van der Waals surface area contributed by atoms with Crippen LogP contribution in [0.15, 0.2) is 12.1 Å². The van der Waals surface area contributed by atoms with Gasteiger partial charge in [0.2, 0.25) is 5.91 Å². The summed E-state index contributed by atoms with van der Waals surface area (Å²) in [6.45, 7) is 0.0881. The first-order valence-electron chi connectivity index (χ1n) is 6.29. The van der Waals surface area contributed by atoms with E-state index in [1.165, 1.54) is 6.07 Å². The van der Waals surface area contributed by atoms with Crippen molar-refractivity contribution in [2.45, 2.75) is 12.8 Å². The highest BCUT2D eigenvalue weighted by atomic mass is 32.2. The molecule has 0 bridgehead atoms. The van der Waals surface area contributed by atoms with Crippen molar-refractivity contribution in [2.75, 3.05) is 29.2 Å². The van der Waals surface area contributed by atoms with Gasteiger partial charge in [0.1, 0.15) is 15.5 Å². The Morgan fingerprint density at radius 2 is 2.10 bits per heavy atom. The molecule has 1 aromatic carbocycles. The number of hydrogen-bond acceptors (Lipinski definition) is 6. The fourth-order valence-corrected chi connectivity index (χ4v) is 2.55. The fraction of sp³-hybridized carbons (Fsp3) is 0.417. The Balaban J connectivity index is 2.27. The Kier molecular flexibility index (Phi) is 4.12. The van der Waals surface area contributed by atoms with Crippen LogP contribution < -0.4 is 10.6 Å². The van der Waals surface area contributed by atoms with Gasteiger partial charge in [-0.3, -0.25) is 14.9 Å². The summed E-state index contributed by atoms with van der Waals surface area (Å²) >= 11 is 0. The number of nitrogens with one attached hydrogen (secondary N) is 2. The second-order valence-electron chi connectivity index (χ2n) is 4.89. The molecular weight excluding hydrogens is 298 g/mol. The van der Waals surface area contributed by atoms with Crippen molar-refractivity contribution in [3.05, 3.63) is 27.8 Å². The zero-order chi connectivity index (χ0) is 15.6. The van der Waals surface area contributed by atoms with E-state index in [1.807, 2.05) is 0 Å². The number of carbonyl (C=O) groups is 1. The van der Waals surface area contributed by atoms with Crippen LogP contribution in [0.3, 0.4) is 0 Å². The lowest BCUT2D eigenvalue weighted by Gasteiger charge is -2.18. The molecule has 0 atom stereocenters. The normalized spacial score (nSPS) is 14.2. The summed E-state index contributed by atoms with van der Waals surface area (Å²) in [5, 5.41) is 16.5. The molecule has 8 nitrogen and oxygen atoms in total. The van der Waals surface area contributed by atoms with Crippen molar-refractivity contribution >= 4 is 32.8 Å². The highest BCUT2D eigenvalue weighted by Gasteiger charge is 2.22. The first-order valence-corrected chi connectivity index (χ1v) is 8.35. The Labute approximate surface area is 121 Å². The summed E-state index contributed by atoms with van der Waals surface area (Å²) in [7, 11) is -3.14. The number of fused-ring (bicyclic) bond motifs is 1. The van der Waals surface area contributed by atoms with Gasteiger partial charge in [0.25, 0.3) is 5.69 Å². The van der Waals surface area contributed by atoms with Crippen LogP contribution in [-0.2, 0) is 21.1 Å². The van der Waals surface area contributed by atoms with Crippen LogP contribution >= 0.6 is 0 Å². The quantitative estimate of drug-likeness (QED) is 0.617. The largest absolute Gasteiger partial charge is 0.378 e. The Morgan fingerprint density at radius 3 is 2.71 bits per heavy atom. The molecular formula is C12H15N3O5S. The summed E-state index contributed by atoms with van der Waals surface area (Å²) < 4.78 is 22.2. The van der Waals surface area contributed by atoms with Crippen molar-refractivity contribution in [3.8, 4) is 0 Å². The third-order valence-corrected chi connectivity index (χ3v) is 4.05. The molecule has 0 saturated heterocycles. The first-order chi connectivity index (χ1) is 9.76. The minimum absolute atomic E-state index is 0.0881. The van der Waals surface area contributed by atoms with Gasteiger partial charge in [-0.2, -0.15) is 0 Å². The monoisotopic (exact) mass is 313 g/mol. The molecule has 1 aromatic rings. The van der Waals surface area contributed by atoms with Gasteiger partial charge in [-0.15, -0.1) is 0 Å². The number of rotatable bonds is 5. The summed E-state index contributed by atoms with van der Waals surface area (Å²) in [6, 6.07) is 2.89. The maximum atomic E-state index is 11.3. The van der Waals surface area contributed by atoms with Gasteiger partial charge in [-0.1, -0.05) is 0 Å². The lowest BCUT2D eigenvalue weighted by Crippen LogP contribution is -2.20. The molecule has 1 amide bonds. The van der Waals surface area contributed by atoms with Crippen LogP contribution in [0.4, 0.5) is 17.1 Å². The van der Waals surface area contributed by atoms with E-state index in [0.29, 0.717) is 18.5 Å². The van der Waals surface area contributed by atoms with E-state index in [-0.39, 0.29) is 29.6 Å². The van der Waals surface area contributed by atoms with Crippen LogP contribution in [0, 0.1) is 10.1 Å². The van der Waals surface area contributed by atoms with E-state index in [4.69, 9.17) is 0 Å². The number of hydrogen-bond donors (Lipinski definition) is 2. The number of carbonyl (C=O) groups excluding carboxylic acids is 1. The summed E-state index contributed by atoms with van der Waals surface area (Å²) in [4.78, 5) is 21.8. The Hall–Kier alpha value is -2.16. The van der Waals surface area contributed by atoms with Gasteiger partial charge in [0.05, 0.1) is 16.4 Å². The molecule has 0 aromatic heterocycles. The van der Waals surface area contributed by atoms with Gasteiger partial charge in [0, 0.05) is 25.3 Å². The van der Waals surface area contributed by atoms with Crippen LogP contribution in [-0.4, -0.2) is 37.8 Å². The average Bonchev–Trinajstić information content (AvgIpc) is 2.36. The van der Waals surface area contributed by atoms with Gasteiger partial charge < -0.3 is 10.6 Å². The number of amides is 1. The number of anilines is 2. The number of nitro benzene ring substituents is 1. The van der Waals surface area contributed by atoms with Crippen LogP contribution in [0.5, 0.6) is 0 Å². The topological polar surface area (TPSA) is 118 Å². The third kappa shape index (κ3) is 3.91. The molecule has 1 aliphatic heterocycles. The third-order valence-electron chi connectivity index (χ3n) is 3.10. The zero-order valence-corrected chi connectivity index (χ0v) is 12.2. The predicted molar refractivity (Wildman–Crippen MR) is 78.2 cm³/mol. The van der Waals surface area contributed by atoms with Crippen LogP contribution in [0.25, 0.3) is 0 Å². The number of sulfone groups is 1. The minimum atomic E-state index is -3.14. The number of nitro groups is 1. The standard InChI is InChI=1S/C12H15N3O5S/c1-21(19,20)5-4-13-10-6-8-2-3-12(16)14-9(8)7-11(10)15(17)18/h6-7,13H,2-5H2,1H3,(H,14,16). The average molecular weight is 313 g/mol. The smallest absolute Gasteiger partial charge is 0.294 e. The molecule has 114 valence electrons. The van der Waals surface area contributed by atoms with E-state index in [1.54, 1.807) is 6.07 Å². The Morgan fingerprint density at radius 1 is 1.38 bits per heavy atom. The lowest BCUT2D eigenvalue weighted by molar-refractivity contribution is -0.383. The van der Waals surface area contributed by atoms with Crippen molar-refractivity contribution < 1.29 is 18.1 Å². The van der Waals surface area contributed by atoms with Crippen molar-refractivity contribution in [1.29, 1.82) is 0 Å². The summed E-state index contributed by atoms with van der Waals surface area (Å²) in [6.07, 6.45) is 1.93. The zero-order valence-electron chi connectivity index (χ0n) is 11.4. The number of nitrogens with zero attached hydrogens (tertiary/aromatic N) is 1. The van der Waals surface area contributed by atoms with Crippen molar-refractivity contribution in [1.82, 2.24) is 0 Å². The SMILES string of the molecule is CS(=O)(=O)CCNc1cc2c(cc1[N+](=O)[O-])NC(=O)CC2. The van der Waals surface area contributed by atoms with Crippen LogP contribution in [0.1, 0.15) is 12.0 Å². The molecule has 1 heterocycles. The van der Waals surface area contributed by atoms with Gasteiger partial charge >= 0.3 is 0 Å². The molecule has 0 spiro atoms. The molecule has 21 heavy (non-hydrogen) atoms. The molecule has 1 aliphatic rings. The summed E-state index contributed by atoms with van der Waals surface area (Å²) in [5.41, 5.74) is 1.30. The van der Waals surface area contributed by atoms with E-state index in [2.05, 4.69) is 10.6 Å². The van der Waals surface area contributed by atoms with E-state index in [9.17, 15) is 23.3 Å². The van der Waals surface area contributed by atoms with Crippen molar-refractivity contribution in [3.63, 3.8) is 0 Å². The molecule has 0 unspecified atom stereocenters. The van der Waals surface area contributed by atoms with E-state index in [0.717, 1.165) is 11.8 Å². The minimum Gasteiger partial charge on any atom is -0.378 e. The molecule has 0 radical (unpaired) electrons. The molecule has 9 heteroatoms. The van der Waals surface area contributed by atoms with Crippen molar-refractivity contribution in [2.24, 2.45) is 0 Å². The first kappa shape index (κ1) is 15.2. The van der Waals surface area contributed by atoms with E-state index < -0.39 is 14.8 Å². The van der Waals surface area contributed by atoms with Crippen LogP contribution in [0.2, 0.25) is 0 Å². The van der Waals surface area contributed by atoms with Gasteiger partial charge in [-0.25, -0.2) is 8.42 Å². The predicted octanol–water partition coefficient (Wildman–Crippen LogP) is 0.936. The fourth-order valence-electron chi connectivity index (χ4n) is 2.08. The van der Waals surface area contributed by atoms with Gasteiger partial charge in [0.15, 0.2) is 0 Å². The highest BCUT2D eigenvalue weighted by Crippen LogP contribution is 2.33. The second-order valence-corrected chi connectivity index (χ2v) is 7.15. The molecule has 0 aliphatic carbocycles. The highest BCUT2D eigenvalue weighted by molar-refractivity contribution is 7.90. The maximum absolute atomic E-state index is 11.3.